The van der Waals surface area contributed by atoms with E-state index in [4.69, 9.17) is 0 Å². The van der Waals surface area contributed by atoms with E-state index >= 15 is 0 Å². The Bertz CT molecular complexity index is 608. The van der Waals surface area contributed by atoms with Crippen molar-refractivity contribution in [1.82, 2.24) is 5.01 Å². The van der Waals surface area contributed by atoms with E-state index < -0.39 is 11.8 Å². The summed E-state index contributed by atoms with van der Waals surface area (Å²) in [4.78, 5) is 25.0. The molecule has 0 N–H and O–H groups in total. The Labute approximate surface area is 123 Å². The topological polar surface area (TPSA) is 49.7 Å². The minimum atomic E-state index is -0.439. The Morgan fingerprint density at radius 2 is 1.14 bits per heavy atom. The number of carbonyl (C=O) groups is 2. The predicted molar refractivity (Wildman–Crippen MR) is 82.2 cm³/mol. The normalized spacial score (nSPS) is 9.81. The number of nitrogens with zero attached hydrogens (tertiary/aromatic N) is 2. The molecule has 0 radical (unpaired) electrons. The van der Waals surface area contributed by atoms with Crippen LogP contribution in [-0.4, -0.2) is 22.5 Å². The van der Waals surface area contributed by atoms with Gasteiger partial charge < -0.3 is 0 Å². The molecule has 0 heterocycles. The molecule has 106 valence electrons. The van der Waals surface area contributed by atoms with Gasteiger partial charge in [0.2, 0.25) is 0 Å². The van der Waals surface area contributed by atoms with E-state index in [1.807, 2.05) is 12.1 Å². The fourth-order valence-electron chi connectivity index (χ4n) is 1.79. The molecular weight excluding hydrogens is 264 g/mol. The van der Waals surface area contributed by atoms with Gasteiger partial charge >= 0.3 is 0 Å². The van der Waals surface area contributed by atoms with Crippen LogP contribution in [0.3, 0.4) is 0 Å². The van der Waals surface area contributed by atoms with E-state index in [0.717, 1.165) is 5.01 Å². The second kappa shape index (κ2) is 6.61. The molecule has 0 aromatic heterocycles. The summed E-state index contributed by atoms with van der Waals surface area (Å²) < 4.78 is 0. The first-order valence-electron chi connectivity index (χ1n) is 6.60. The van der Waals surface area contributed by atoms with Gasteiger partial charge in [0.15, 0.2) is 0 Å². The molecule has 0 aliphatic heterocycles. The smallest absolute Gasteiger partial charge is 0.267 e. The zero-order valence-electron chi connectivity index (χ0n) is 12.0. The van der Waals surface area contributed by atoms with Crippen molar-refractivity contribution in [3.05, 3.63) is 71.8 Å². The van der Waals surface area contributed by atoms with Gasteiger partial charge in [-0.15, -0.1) is 0 Å². The van der Waals surface area contributed by atoms with Gasteiger partial charge in [0, 0.05) is 16.8 Å². The monoisotopic (exact) mass is 280 g/mol. The lowest BCUT2D eigenvalue weighted by atomic mass is 10.1. The fraction of sp³-hybridized carbons (Fsp3) is 0.118. The van der Waals surface area contributed by atoms with E-state index in [2.05, 4.69) is 5.10 Å². The van der Waals surface area contributed by atoms with Crippen molar-refractivity contribution >= 4 is 17.5 Å². The zero-order chi connectivity index (χ0) is 15.2. The first-order valence-corrected chi connectivity index (χ1v) is 6.60. The van der Waals surface area contributed by atoms with Gasteiger partial charge in [-0.05, 0) is 38.1 Å². The third-order valence-electron chi connectivity index (χ3n) is 2.73. The molecule has 2 aromatic rings. The third kappa shape index (κ3) is 3.63. The number of benzene rings is 2. The van der Waals surface area contributed by atoms with E-state index in [9.17, 15) is 9.59 Å². The Morgan fingerprint density at radius 1 is 0.762 bits per heavy atom. The maximum atomic E-state index is 12.5. The van der Waals surface area contributed by atoms with Crippen molar-refractivity contribution in [2.24, 2.45) is 5.10 Å². The van der Waals surface area contributed by atoms with Gasteiger partial charge in [-0.1, -0.05) is 36.4 Å². The van der Waals surface area contributed by atoms with Crippen molar-refractivity contribution in [2.75, 3.05) is 0 Å². The molecule has 0 unspecified atom stereocenters. The van der Waals surface area contributed by atoms with Crippen LogP contribution in [0, 0.1) is 0 Å². The van der Waals surface area contributed by atoms with Gasteiger partial charge in [-0.25, -0.2) is 0 Å². The number of amides is 2. The highest BCUT2D eigenvalue weighted by atomic mass is 16.2. The molecule has 0 spiro atoms. The standard InChI is InChI=1S/C17H16N2O2/c1-13(2)18-19(16(20)14-9-5-3-6-10-14)17(21)15-11-7-4-8-12-15/h3-12H,1-2H3. The number of hydrogen-bond donors (Lipinski definition) is 0. The number of rotatable bonds is 3. The summed E-state index contributed by atoms with van der Waals surface area (Å²) >= 11 is 0. The van der Waals surface area contributed by atoms with Crippen molar-refractivity contribution in [3.8, 4) is 0 Å². The van der Waals surface area contributed by atoms with Crippen molar-refractivity contribution in [1.29, 1.82) is 0 Å². The third-order valence-corrected chi connectivity index (χ3v) is 2.73. The summed E-state index contributed by atoms with van der Waals surface area (Å²) in [5.41, 5.74) is 1.47. The summed E-state index contributed by atoms with van der Waals surface area (Å²) in [5, 5.41) is 5.00. The second-order valence-corrected chi connectivity index (χ2v) is 4.70. The quantitative estimate of drug-likeness (QED) is 0.491. The van der Waals surface area contributed by atoms with Crippen LogP contribution in [0.5, 0.6) is 0 Å². The van der Waals surface area contributed by atoms with Crippen molar-refractivity contribution < 1.29 is 9.59 Å². The molecule has 21 heavy (non-hydrogen) atoms. The van der Waals surface area contributed by atoms with Gasteiger partial charge in [0.05, 0.1) is 0 Å². The molecule has 2 aromatic carbocycles. The molecule has 0 aliphatic rings. The summed E-state index contributed by atoms with van der Waals surface area (Å²) in [6.45, 7) is 3.48. The highest BCUT2D eigenvalue weighted by molar-refractivity contribution is 6.10. The maximum Gasteiger partial charge on any atom is 0.281 e. The summed E-state index contributed by atoms with van der Waals surface area (Å²) in [7, 11) is 0. The molecule has 0 fully saturated rings. The van der Waals surface area contributed by atoms with Crippen molar-refractivity contribution in [2.45, 2.75) is 13.8 Å². The van der Waals surface area contributed by atoms with E-state index in [0.29, 0.717) is 16.8 Å². The Morgan fingerprint density at radius 3 is 1.48 bits per heavy atom. The van der Waals surface area contributed by atoms with Crippen LogP contribution in [-0.2, 0) is 0 Å². The van der Waals surface area contributed by atoms with Crippen LogP contribution in [0.2, 0.25) is 0 Å². The van der Waals surface area contributed by atoms with Gasteiger partial charge in [0.1, 0.15) is 0 Å². The Kier molecular flexibility index (Phi) is 4.61. The SMILES string of the molecule is CC(C)=NN(C(=O)c1ccccc1)C(=O)c1ccccc1. The minimum absolute atomic E-state index is 0.423. The molecule has 0 atom stereocenters. The van der Waals surface area contributed by atoms with Gasteiger partial charge in [-0.2, -0.15) is 10.1 Å². The molecule has 2 amide bonds. The van der Waals surface area contributed by atoms with Crippen LogP contribution >= 0.6 is 0 Å². The lowest BCUT2D eigenvalue weighted by Gasteiger charge is -2.16. The van der Waals surface area contributed by atoms with Gasteiger partial charge in [-0.3, -0.25) is 9.59 Å². The number of hydrazone groups is 1. The molecule has 4 nitrogen and oxygen atoms in total. The lowest BCUT2D eigenvalue weighted by molar-refractivity contribution is 0.0620. The van der Waals surface area contributed by atoms with Crippen LogP contribution < -0.4 is 0 Å². The summed E-state index contributed by atoms with van der Waals surface area (Å²) in [5.74, 6) is -0.878. The number of imide groups is 1. The minimum Gasteiger partial charge on any atom is -0.267 e. The summed E-state index contributed by atoms with van der Waals surface area (Å²) in [6.07, 6.45) is 0. The summed E-state index contributed by atoms with van der Waals surface area (Å²) in [6, 6.07) is 17.3. The van der Waals surface area contributed by atoms with Crippen LogP contribution in [0.1, 0.15) is 34.6 Å². The second-order valence-electron chi connectivity index (χ2n) is 4.70. The molecule has 2 rings (SSSR count). The van der Waals surface area contributed by atoms with Gasteiger partial charge in [0.25, 0.3) is 11.8 Å². The van der Waals surface area contributed by atoms with E-state index in [1.54, 1.807) is 62.4 Å². The van der Waals surface area contributed by atoms with Crippen LogP contribution in [0.15, 0.2) is 65.8 Å². The first-order chi connectivity index (χ1) is 10.1. The molecule has 0 saturated carbocycles. The Hall–Kier alpha value is -2.75. The van der Waals surface area contributed by atoms with Crippen molar-refractivity contribution in [3.63, 3.8) is 0 Å². The predicted octanol–water partition coefficient (Wildman–Crippen LogP) is 3.37. The lowest BCUT2D eigenvalue weighted by Crippen LogP contribution is -2.33. The maximum absolute atomic E-state index is 12.5. The number of carbonyl (C=O) groups excluding carboxylic acids is 2. The van der Waals surface area contributed by atoms with Crippen LogP contribution in [0.25, 0.3) is 0 Å². The average molecular weight is 280 g/mol. The van der Waals surface area contributed by atoms with E-state index in [1.165, 1.54) is 0 Å². The molecule has 0 aliphatic carbocycles. The first kappa shape index (κ1) is 14.7. The highest BCUT2D eigenvalue weighted by Gasteiger charge is 2.23. The average Bonchev–Trinajstić information content (AvgIpc) is 2.53. The number of hydrogen-bond acceptors (Lipinski definition) is 3. The highest BCUT2D eigenvalue weighted by Crippen LogP contribution is 2.11. The molecule has 0 saturated heterocycles. The van der Waals surface area contributed by atoms with Crippen LogP contribution in [0.4, 0.5) is 0 Å². The molecular formula is C17H16N2O2. The molecule has 0 bridgehead atoms. The Balaban J connectivity index is 2.38. The zero-order valence-corrected chi connectivity index (χ0v) is 12.0. The largest absolute Gasteiger partial charge is 0.281 e. The molecule has 4 heteroatoms. The fourth-order valence-corrected chi connectivity index (χ4v) is 1.79. The van der Waals surface area contributed by atoms with E-state index in [-0.39, 0.29) is 0 Å².